The maximum atomic E-state index is 2.44. The Bertz CT molecular complexity index is 804. The summed E-state index contributed by atoms with van der Waals surface area (Å²) < 4.78 is 2.30. The van der Waals surface area contributed by atoms with E-state index >= 15 is 0 Å². The molecule has 4 rings (SSSR count). The number of benzene rings is 2. The average molecular weight is 301 g/mol. The molecule has 0 saturated heterocycles. The van der Waals surface area contributed by atoms with Crippen molar-refractivity contribution < 1.29 is 0 Å². The highest BCUT2D eigenvalue weighted by Crippen LogP contribution is 2.29. The highest BCUT2D eigenvalue weighted by Gasteiger charge is 2.11. The first-order valence-corrected chi connectivity index (χ1v) is 8.75. The van der Waals surface area contributed by atoms with Crippen molar-refractivity contribution in [3.05, 3.63) is 72.4 Å². The Labute approximate surface area is 138 Å². The molecule has 1 heteroatoms. The number of para-hydroxylation sites is 2. The summed E-state index contributed by atoms with van der Waals surface area (Å²) in [6, 6.07) is 19.3. The van der Waals surface area contributed by atoms with Crippen molar-refractivity contribution >= 4 is 17.0 Å². The maximum absolute atomic E-state index is 2.44. The van der Waals surface area contributed by atoms with E-state index in [1.165, 1.54) is 54.3 Å². The zero-order valence-corrected chi connectivity index (χ0v) is 13.5. The Morgan fingerprint density at radius 1 is 0.826 bits per heavy atom. The van der Waals surface area contributed by atoms with Crippen LogP contribution in [0.15, 0.2) is 66.9 Å². The summed E-state index contributed by atoms with van der Waals surface area (Å²) in [7, 11) is 0. The van der Waals surface area contributed by atoms with Crippen LogP contribution in [0.5, 0.6) is 0 Å². The van der Waals surface area contributed by atoms with Gasteiger partial charge in [0.2, 0.25) is 0 Å². The molecule has 1 saturated carbocycles. The minimum atomic E-state index is 0.766. The topological polar surface area (TPSA) is 4.93 Å². The number of hydrogen-bond donors (Lipinski definition) is 0. The first kappa shape index (κ1) is 14.3. The number of allylic oxidation sites excluding steroid dienone is 1. The second-order valence-electron chi connectivity index (χ2n) is 6.56. The molecule has 1 nitrogen and oxygen atoms in total. The zero-order valence-electron chi connectivity index (χ0n) is 13.5. The van der Waals surface area contributed by atoms with Gasteiger partial charge >= 0.3 is 0 Å². The van der Waals surface area contributed by atoms with Crippen LogP contribution in [0, 0.1) is 5.92 Å². The van der Waals surface area contributed by atoms with Crippen LogP contribution in [-0.4, -0.2) is 4.57 Å². The van der Waals surface area contributed by atoms with Crippen LogP contribution < -0.4 is 0 Å². The van der Waals surface area contributed by atoms with Crippen LogP contribution in [0.3, 0.4) is 0 Å². The lowest BCUT2D eigenvalue weighted by Crippen LogP contribution is -2.02. The largest absolute Gasteiger partial charge is 0.316 e. The summed E-state index contributed by atoms with van der Waals surface area (Å²) in [5.74, 6) is 0.766. The Balaban J connectivity index is 1.74. The fourth-order valence-electron chi connectivity index (χ4n) is 3.71. The van der Waals surface area contributed by atoms with Crippen LogP contribution in [-0.2, 0) is 0 Å². The van der Waals surface area contributed by atoms with Crippen molar-refractivity contribution in [3.8, 4) is 5.69 Å². The molecular weight excluding hydrogens is 278 g/mol. The average Bonchev–Trinajstić information content (AvgIpc) is 3.01. The normalized spacial score (nSPS) is 16.3. The van der Waals surface area contributed by atoms with Gasteiger partial charge in [0, 0.05) is 22.8 Å². The van der Waals surface area contributed by atoms with Gasteiger partial charge in [-0.25, -0.2) is 0 Å². The summed E-state index contributed by atoms with van der Waals surface area (Å²) >= 11 is 0. The van der Waals surface area contributed by atoms with E-state index in [4.69, 9.17) is 0 Å². The number of fused-ring (bicyclic) bond motifs is 1. The molecule has 1 aromatic heterocycles. The lowest BCUT2D eigenvalue weighted by Gasteiger charge is -2.17. The first-order valence-electron chi connectivity index (χ1n) is 8.75. The Morgan fingerprint density at radius 3 is 2.39 bits per heavy atom. The van der Waals surface area contributed by atoms with E-state index in [0.29, 0.717) is 0 Å². The number of hydrogen-bond acceptors (Lipinski definition) is 0. The van der Waals surface area contributed by atoms with Crippen LogP contribution in [0.25, 0.3) is 22.7 Å². The SMILES string of the molecule is C(=C\C1CCCCC1)/c1cn(-c2ccccc2)c2ccccc12. The standard InChI is InChI=1S/C22H23N/c1-3-9-18(10-4-1)15-16-19-17-23(20-11-5-2-6-12-20)22-14-8-7-13-21(19)22/h2,5-8,11-18H,1,3-4,9-10H2/b16-15+. The summed E-state index contributed by atoms with van der Waals surface area (Å²) in [5, 5.41) is 1.34. The van der Waals surface area contributed by atoms with Crippen molar-refractivity contribution in [2.75, 3.05) is 0 Å². The monoisotopic (exact) mass is 301 g/mol. The summed E-state index contributed by atoms with van der Waals surface area (Å²) in [4.78, 5) is 0. The molecule has 23 heavy (non-hydrogen) atoms. The van der Waals surface area contributed by atoms with E-state index in [1.807, 2.05) is 0 Å². The van der Waals surface area contributed by atoms with Crippen LogP contribution in [0.2, 0.25) is 0 Å². The van der Waals surface area contributed by atoms with E-state index < -0.39 is 0 Å². The first-order chi connectivity index (χ1) is 11.4. The lowest BCUT2D eigenvalue weighted by molar-refractivity contribution is 0.420. The molecule has 1 aliphatic rings. The van der Waals surface area contributed by atoms with Crippen molar-refractivity contribution in [2.45, 2.75) is 32.1 Å². The number of aromatic nitrogens is 1. The third-order valence-corrected chi connectivity index (χ3v) is 4.97. The van der Waals surface area contributed by atoms with E-state index in [1.54, 1.807) is 0 Å². The molecule has 1 heterocycles. The predicted molar refractivity (Wildman–Crippen MR) is 98.9 cm³/mol. The molecule has 0 atom stereocenters. The lowest BCUT2D eigenvalue weighted by atomic mass is 9.89. The van der Waals surface area contributed by atoms with E-state index in [9.17, 15) is 0 Å². The van der Waals surface area contributed by atoms with Crippen molar-refractivity contribution in [3.63, 3.8) is 0 Å². The molecule has 0 amide bonds. The van der Waals surface area contributed by atoms with E-state index in [-0.39, 0.29) is 0 Å². The summed E-state index contributed by atoms with van der Waals surface area (Å²) in [6.07, 6.45) is 14.0. The molecule has 0 spiro atoms. The molecule has 0 aliphatic heterocycles. The number of nitrogens with zero attached hydrogens (tertiary/aromatic N) is 1. The Kier molecular flexibility index (Phi) is 4.02. The van der Waals surface area contributed by atoms with Gasteiger partial charge in [0.1, 0.15) is 0 Å². The maximum Gasteiger partial charge on any atom is 0.0534 e. The molecule has 1 fully saturated rings. The molecule has 1 aliphatic carbocycles. The van der Waals surface area contributed by atoms with Gasteiger partial charge in [0.05, 0.1) is 5.52 Å². The van der Waals surface area contributed by atoms with Crippen LogP contribution >= 0.6 is 0 Å². The molecule has 0 bridgehead atoms. The van der Waals surface area contributed by atoms with Gasteiger partial charge in [-0.2, -0.15) is 0 Å². The Hall–Kier alpha value is -2.28. The van der Waals surface area contributed by atoms with Crippen molar-refractivity contribution in [1.29, 1.82) is 0 Å². The predicted octanol–water partition coefficient (Wildman–Crippen LogP) is 6.22. The zero-order chi connectivity index (χ0) is 15.5. The minimum Gasteiger partial charge on any atom is -0.316 e. The molecule has 2 aromatic carbocycles. The highest BCUT2D eigenvalue weighted by molar-refractivity contribution is 5.90. The summed E-state index contributed by atoms with van der Waals surface area (Å²) in [5.41, 5.74) is 3.83. The third kappa shape index (κ3) is 2.96. The van der Waals surface area contributed by atoms with Crippen molar-refractivity contribution in [2.24, 2.45) is 5.92 Å². The molecular formula is C22H23N. The smallest absolute Gasteiger partial charge is 0.0534 e. The molecule has 3 aromatic rings. The van der Waals surface area contributed by atoms with E-state index in [2.05, 4.69) is 77.5 Å². The van der Waals surface area contributed by atoms with Gasteiger partial charge in [-0.05, 0) is 37.0 Å². The van der Waals surface area contributed by atoms with Crippen molar-refractivity contribution in [1.82, 2.24) is 4.57 Å². The van der Waals surface area contributed by atoms with Gasteiger partial charge in [-0.3, -0.25) is 0 Å². The van der Waals surface area contributed by atoms with Gasteiger partial charge in [-0.1, -0.05) is 67.8 Å². The van der Waals surface area contributed by atoms with Gasteiger partial charge in [0.15, 0.2) is 0 Å². The molecule has 0 N–H and O–H groups in total. The quantitative estimate of drug-likeness (QED) is 0.541. The molecule has 116 valence electrons. The minimum absolute atomic E-state index is 0.766. The van der Waals surface area contributed by atoms with Gasteiger partial charge < -0.3 is 4.57 Å². The molecule has 0 unspecified atom stereocenters. The van der Waals surface area contributed by atoms with Crippen LogP contribution in [0.1, 0.15) is 37.7 Å². The second-order valence-corrected chi connectivity index (χ2v) is 6.56. The fraction of sp³-hybridized carbons (Fsp3) is 0.273. The fourth-order valence-corrected chi connectivity index (χ4v) is 3.71. The Morgan fingerprint density at radius 2 is 1.57 bits per heavy atom. The van der Waals surface area contributed by atoms with Gasteiger partial charge in [-0.15, -0.1) is 0 Å². The van der Waals surface area contributed by atoms with E-state index in [0.717, 1.165) is 5.92 Å². The van der Waals surface area contributed by atoms with Crippen LogP contribution in [0.4, 0.5) is 0 Å². The second kappa shape index (κ2) is 6.45. The number of rotatable bonds is 3. The van der Waals surface area contributed by atoms with Gasteiger partial charge in [0.25, 0.3) is 0 Å². The molecule has 0 radical (unpaired) electrons. The summed E-state index contributed by atoms with van der Waals surface area (Å²) in [6.45, 7) is 0. The third-order valence-electron chi connectivity index (χ3n) is 4.97. The highest BCUT2D eigenvalue weighted by atomic mass is 15.0.